The van der Waals surface area contributed by atoms with Gasteiger partial charge in [0.1, 0.15) is 0 Å². The number of carbonyl (C=O) groups is 1. The van der Waals surface area contributed by atoms with Gasteiger partial charge in [-0.3, -0.25) is 4.79 Å². The third-order valence-corrected chi connectivity index (χ3v) is 2.19. The van der Waals surface area contributed by atoms with Crippen LogP contribution in [0.2, 0.25) is 0 Å². The van der Waals surface area contributed by atoms with Crippen molar-refractivity contribution < 1.29 is 9.53 Å². The molecule has 0 unspecified atom stereocenters. The zero-order valence-corrected chi connectivity index (χ0v) is 7.41. The van der Waals surface area contributed by atoms with E-state index in [1.165, 1.54) is 6.26 Å². The van der Waals surface area contributed by atoms with E-state index in [-0.39, 0.29) is 5.78 Å². The van der Waals surface area contributed by atoms with Crippen LogP contribution in [0.25, 0.3) is 5.57 Å². The highest BCUT2D eigenvalue weighted by Gasteiger charge is 2.23. The van der Waals surface area contributed by atoms with Gasteiger partial charge >= 0.3 is 0 Å². The van der Waals surface area contributed by atoms with E-state index in [0.29, 0.717) is 12.0 Å². The van der Waals surface area contributed by atoms with Crippen molar-refractivity contribution in [2.45, 2.75) is 6.42 Å². The van der Waals surface area contributed by atoms with Crippen LogP contribution in [0, 0.1) is 0 Å². The van der Waals surface area contributed by atoms with E-state index < -0.39 is 0 Å². The third kappa shape index (κ3) is 1.24. The van der Waals surface area contributed by atoms with E-state index in [0.717, 1.165) is 11.1 Å². The molecule has 1 aromatic carbocycles. The fourth-order valence-electron chi connectivity index (χ4n) is 1.60. The van der Waals surface area contributed by atoms with Gasteiger partial charge in [-0.15, -0.1) is 0 Å². The van der Waals surface area contributed by atoms with E-state index in [9.17, 15) is 4.79 Å². The van der Waals surface area contributed by atoms with Crippen LogP contribution in [0.3, 0.4) is 0 Å². The van der Waals surface area contributed by atoms with Gasteiger partial charge in [0.25, 0.3) is 0 Å². The molecule has 0 bridgehead atoms. The second-order valence-corrected chi connectivity index (χ2v) is 3.02. The lowest BCUT2D eigenvalue weighted by Gasteiger charge is -1.97. The minimum atomic E-state index is 0.142. The fraction of sp³-hybridized carbons (Fsp3) is 0.182. The van der Waals surface area contributed by atoms with Crippen molar-refractivity contribution in [1.29, 1.82) is 0 Å². The molecule has 2 heteroatoms. The molecule has 0 heterocycles. The maximum atomic E-state index is 11.5. The Hall–Kier alpha value is -1.57. The van der Waals surface area contributed by atoms with Gasteiger partial charge in [0.15, 0.2) is 5.78 Å². The summed E-state index contributed by atoms with van der Waals surface area (Å²) in [6, 6.07) is 7.80. The Balaban J connectivity index is 2.53. The summed E-state index contributed by atoms with van der Waals surface area (Å²) in [5, 5.41) is 0. The number of hydrogen-bond donors (Lipinski definition) is 0. The summed E-state index contributed by atoms with van der Waals surface area (Å²) in [7, 11) is 1.56. The van der Waals surface area contributed by atoms with Gasteiger partial charge in [0.05, 0.1) is 18.9 Å². The van der Waals surface area contributed by atoms with E-state index in [1.54, 1.807) is 7.11 Å². The molecule has 0 N–H and O–H groups in total. The number of rotatable bonds is 1. The van der Waals surface area contributed by atoms with Crippen molar-refractivity contribution in [3.8, 4) is 0 Å². The molecule has 0 atom stereocenters. The third-order valence-electron chi connectivity index (χ3n) is 2.19. The summed E-state index contributed by atoms with van der Waals surface area (Å²) in [6.07, 6.45) is 2.03. The molecular weight excluding hydrogens is 164 g/mol. The quantitative estimate of drug-likeness (QED) is 0.479. The highest BCUT2D eigenvalue weighted by Crippen LogP contribution is 2.28. The monoisotopic (exact) mass is 174 g/mol. The zero-order chi connectivity index (χ0) is 9.26. The fourth-order valence-corrected chi connectivity index (χ4v) is 1.60. The summed E-state index contributed by atoms with van der Waals surface area (Å²) in [4.78, 5) is 11.5. The molecule has 2 nitrogen and oxygen atoms in total. The number of hydrogen-bond acceptors (Lipinski definition) is 2. The van der Waals surface area contributed by atoms with Crippen LogP contribution in [-0.2, 0) is 16.0 Å². The largest absolute Gasteiger partial charge is 0.504 e. The minimum Gasteiger partial charge on any atom is -0.504 e. The molecular formula is C11H10O2. The number of benzene rings is 1. The van der Waals surface area contributed by atoms with Crippen molar-refractivity contribution in [1.82, 2.24) is 0 Å². The Bertz CT molecular complexity index is 377. The van der Waals surface area contributed by atoms with Gasteiger partial charge in [-0.05, 0) is 11.1 Å². The highest BCUT2D eigenvalue weighted by atomic mass is 16.5. The molecule has 2 rings (SSSR count). The van der Waals surface area contributed by atoms with Crippen molar-refractivity contribution >= 4 is 11.4 Å². The van der Waals surface area contributed by atoms with Crippen LogP contribution in [0.1, 0.15) is 11.1 Å². The maximum absolute atomic E-state index is 11.5. The summed E-state index contributed by atoms with van der Waals surface area (Å²) >= 11 is 0. The SMILES string of the molecule is CO/C=C1/C(=O)Cc2ccccc21. The molecule has 1 aliphatic carbocycles. The number of methoxy groups -OCH3 is 1. The molecule has 0 spiro atoms. The predicted molar refractivity (Wildman–Crippen MR) is 50.1 cm³/mol. The average Bonchev–Trinajstić information content (AvgIpc) is 2.44. The Labute approximate surface area is 76.8 Å². The summed E-state index contributed by atoms with van der Waals surface area (Å²) in [5.74, 6) is 0.142. The molecule has 66 valence electrons. The van der Waals surface area contributed by atoms with Gasteiger partial charge in [0, 0.05) is 6.42 Å². The van der Waals surface area contributed by atoms with Crippen LogP contribution in [0.5, 0.6) is 0 Å². The lowest BCUT2D eigenvalue weighted by molar-refractivity contribution is -0.112. The molecule has 0 radical (unpaired) electrons. The van der Waals surface area contributed by atoms with Crippen LogP contribution in [-0.4, -0.2) is 12.9 Å². The number of fused-ring (bicyclic) bond motifs is 1. The Morgan fingerprint density at radius 3 is 2.92 bits per heavy atom. The second kappa shape index (κ2) is 3.05. The van der Waals surface area contributed by atoms with E-state index in [1.807, 2.05) is 24.3 Å². The van der Waals surface area contributed by atoms with Crippen LogP contribution >= 0.6 is 0 Å². The van der Waals surface area contributed by atoms with Crippen LogP contribution in [0.4, 0.5) is 0 Å². The van der Waals surface area contributed by atoms with Crippen LogP contribution < -0.4 is 0 Å². The number of carbonyl (C=O) groups excluding carboxylic acids is 1. The summed E-state index contributed by atoms with van der Waals surface area (Å²) < 4.78 is 4.87. The number of ketones is 1. The van der Waals surface area contributed by atoms with Crippen molar-refractivity contribution in [2.24, 2.45) is 0 Å². The van der Waals surface area contributed by atoms with E-state index >= 15 is 0 Å². The normalized spacial score (nSPS) is 17.6. The predicted octanol–water partition coefficient (Wildman–Crippen LogP) is 1.80. The van der Waals surface area contributed by atoms with Crippen LogP contribution in [0.15, 0.2) is 30.5 Å². The Morgan fingerprint density at radius 2 is 2.15 bits per heavy atom. The maximum Gasteiger partial charge on any atom is 0.170 e. The second-order valence-electron chi connectivity index (χ2n) is 3.02. The van der Waals surface area contributed by atoms with Gasteiger partial charge in [-0.2, -0.15) is 0 Å². The standard InChI is InChI=1S/C11H10O2/c1-13-7-10-9-5-3-2-4-8(9)6-11(10)12/h2-5,7H,6H2,1H3/b10-7+. The first-order valence-electron chi connectivity index (χ1n) is 4.17. The first-order chi connectivity index (χ1) is 6.33. The lowest BCUT2D eigenvalue weighted by atomic mass is 10.1. The van der Waals surface area contributed by atoms with Gasteiger partial charge in [-0.25, -0.2) is 0 Å². The molecule has 1 aromatic rings. The lowest BCUT2D eigenvalue weighted by Crippen LogP contribution is -1.93. The Kier molecular flexibility index (Phi) is 1.89. The van der Waals surface area contributed by atoms with Gasteiger partial charge < -0.3 is 4.74 Å². The summed E-state index contributed by atoms with van der Waals surface area (Å²) in [6.45, 7) is 0. The van der Waals surface area contributed by atoms with Crippen molar-refractivity contribution in [2.75, 3.05) is 7.11 Å². The topological polar surface area (TPSA) is 26.3 Å². The van der Waals surface area contributed by atoms with Crippen molar-refractivity contribution in [3.63, 3.8) is 0 Å². The number of ether oxygens (including phenoxy) is 1. The molecule has 1 aliphatic rings. The number of allylic oxidation sites excluding steroid dienone is 1. The van der Waals surface area contributed by atoms with Gasteiger partial charge in [-0.1, -0.05) is 24.3 Å². The Morgan fingerprint density at radius 1 is 1.38 bits per heavy atom. The zero-order valence-electron chi connectivity index (χ0n) is 7.41. The summed E-state index contributed by atoms with van der Waals surface area (Å²) in [5.41, 5.74) is 2.79. The smallest absolute Gasteiger partial charge is 0.170 e. The van der Waals surface area contributed by atoms with Crippen molar-refractivity contribution in [3.05, 3.63) is 41.7 Å². The molecule has 0 aromatic heterocycles. The highest BCUT2D eigenvalue weighted by molar-refractivity contribution is 6.25. The first kappa shape index (κ1) is 8.05. The molecule has 0 saturated heterocycles. The number of Topliss-reactive ketones (excluding diaryl/α,β-unsaturated/α-hetero) is 1. The molecule has 13 heavy (non-hydrogen) atoms. The minimum absolute atomic E-state index is 0.142. The molecule has 0 amide bonds. The van der Waals surface area contributed by atoms with E-state index in [2.05, 4.69) is 0 Å². The molecule has 0 fully saturated rings. The average molecular weight is 174 g/mol. The molecule has 0 aliphatic heterocycles. The van der Waals surface area contributed by atoms with E-state index in [4.69, 9.17) is 4.74 Å². The first-order valence-corrected chi connectivity index (χ1v) is 4.17. The van der Waals surface area contributed by atoms with Gasteiger partial charge in [0.2, 0.25) is 0 Å². The molecule has 0 saturated carbocycles.